The molecule has 3 N–H and O–H groups in total. The van der Waals surface area contributed by atoms with Gasteiger partial charge in [0.1, 0.15) is 12.7 Å². The van der Waals surface area contributed by atoms with Crippen molar-refractivity contribution in [3.63, 3.8) is 0 Å². The Morgan fingerprint density at radius 2 is 2.04 bits per heavy atom. The smallest absolute Gasteiger partial charge is 0.336 e. The largest absolute Gasteiger partial charge is 0.459 e. The number of carbonyl (C=O) groups is 1. The maximum atomic E-state index is 11.8. The first-order chi connectivity index (χ1) is 11.7. The van der Waals surface area contributed by atoms with Crippen LogP contribution < -0.4 is 0 Å². The Morgan fingerprint density at radius 1 is 1.32 bits per heavy atom. The molecule has 0 unspecified atom stereocenters. The Morgan fingerprint density at radius 3 is 2.64 bits per heavy atom. The van der Waals surface area contributed by atoms with E-state index in [1.54, 1.807) is 0 Å². The fourth-order valence-corrected chi connectivity index (χ4v) is 5.56. The molecule has 1 saturated heterocycles. The average molecular weight is 350 g/mol. The number of cyclic esters (lactones) is 1. The van der Waals surface area contributed by atoms with Gasteiger partial charge in [0.15, 0.2) is 0 Å². The van der Waals surface area contributed by atoms with Gasteiger partial charge in [-0.25, -0.2) is 4.79 Å². The van der Waals surface area contributed by atoms with Crippen molar-refractivity contribution in [3.8, 4) is 0 Å². The van der Waals surface area contributed by atoms with E-state index in [0.29, 0.717) is 18.4 Å². The van der Waals surface area contributed by atoms with Crippen LogP contribution in [0.4, 0.5) is 0 Å². The lowest BCUT2D eigenvalue weighted by Gasteiger charge is -2.59. The second kappa shape index (κ2) is 6.53. The Labute approximate surface area is 149 Å². The van der Waals surface area contributed by atoms with E-state index in [-0.39, 0.29) is 30.5 Å². The van der Waals surface area contributed by atoms with Gasteiger partial charge in [-0.3, -0.25) is 0 Å². The third kappa shape index (κ3) is 2.86. The summed E-state index contributed by atoms with van der Waals surface area (Å²) in [6.07, 6.45) is 4.42. The van der Waals surface area contributed by atoms with Crippen LogP contribution in [0.25, 0.3) is 0 Å². The number of ether oxygens (including phenoxy) is 1. The van der Waals surface area contributed by atoms with Gasteiger partial charge < -0.3 is 20.1 Å². The number of aliphatic hydroxyl groups is 3. The molecule has 2 aliphatic carbocycles. The van der Waals surface area contributed by atoms with Crippen LogP contribution in [0.2, 0.25) is 0 Å². The van der Waals surface area contributed by atoms with E-state index in [0.717, 1.165) is 24.8 Å². The minimum Gasteiger partial charge on any atom is -0.459 e. The SMILES string of the molecule is C=C1CC[C@@H]2[C@](C)(CC[C@@H](O)[C@]2(C)CO)[C@@H]1C/C=C1\C(=O)OC[C@H]1O. The van der Waals surface area contributed by atoms with Crippen molar-refractivity contribution in [2.45, 2.75) is 58.2 Å². The van der Waals surface area contributed by atoms with Crippen LogP contribution in [-0.4, -0.2) is 46.7 Å². The molecular formula is C20H30O5. The van der Waals surface area contributed by atoms with E-state index in [4.69, 9.17) is 4.74 Å². The second-order valence-electron chi connectivity index (χ2n) is 8.54. The Balaban J connectivity index is 1.89. The number of rotatable bonds is 3. The molecule has 0 bridgehead atoms. The summed E-state index contributed by atoms with van der Waals surface area (Å²) in [7, 11) is 0. The summed E-state index contributed by atoms with van der Waals surface area (Å²) in [6.45, 7) is 8.50. The van der Waals surface area contributed by atoms with Crippen molar-refractivity contribution in [1.29, 1.82) is 0 Å². The van der Waals surface area contributed by atoms with Crippen molar-refractivity contribution in [3.05, 3.63) is 23.8 Å². The van der Waals surface area contributed by atoms with Gasteiger partial charge in [0, 0.05) is 5.41 Å². The first-order valence-corrected chi connectivity index (χ1v) is 9.26. The predicted octanol–water partition coefficient (Wildman–Crippen LogP) is 1.96. The van der Waals surface area contributed by atoms with Gasteiger partial charge in [-0.2, -0.15) is 0 Å². The van der Waals surface area contributed by atoms with E-state index in [1.165, 1.54) is 0 Å². The monoisotopic (exact) mass is 350 g/mol. The zero-order valence-electron chi connectivity index (χ0n) is 15.2. The van der Waals surface area contributed by atoms with Gasteiger partial charge in [0.05, 0.1) is 18.3 Å². The first-order valence-electron chi connectivity index (χ1n) is 9.26. The second-order valence-corrected chi connectivity index (χ2v) is 8.54. The molecule has 0 spiro atoms. The molecule has 3 rings (SSSR count). The molecule has 5 heteroatoms. The molecule has 0 aromatic rings. The lowest BCUT2D eigenvalue weighted by molar-refractivity contribution is -0.151. The quantitative estimate of drug-likeness (QED) is 0.411. The fraction of sp³-hybridized carbons (Fsp3) is 0.750. The summed E-state index contributed by atoms with van der Waals surface area (Å²) in [6, 6.07) is 0. The minimum atomic E-state index is -0.844. The molecule has 1 heterocycles. The zero-order chi connectivity index (χ0) is 18.4. The molecule has 140 valence electrons. The number of esters is 1. The normalized spacial score (nSPS) is 46.2. The topological polar surface area (TPSA) is 87.0 Å². The van der Waals surface area contributed by atoms with E-state index in [1.807, 2.05) is 13.0 Å². The van der Waals surface area contributed by atoms with Crippen molar-refractivity contribution in [2.75, 3.05) is 13.2 Å². The zero-order valence-corrected chi connectivity index (χ0v) is 15.2. The molecular weight excluding hydrogens is 320 g/mol. The summed E-state index contributed by atoms with van der Waals surface area (Å²) in [5.74, 6) is -0.0734. The van der Waals surface area contributed by atoms with Gasteiger partial charge in [-0.15, -0.1) is 0 Å². The minimum absolute atomic E-state index is 0.0280. The van der Waals surface area contributed by atoms with Crippen molar-refractivity contribution in [1.82, 2.24) is 0 Å². The highest BCUT2D eigenvalue weighted by Gasteiger charge is 2.57. The van der Waals surface area contributed by atoms with Gasteiger partial charge in [-0.1, -0.05) is 32.1 Å². The maximum absolute atomic E-state index is 11.8. The molecule has 1 aliphatic heterocycles. The molecule has 25 heavy (non-hydrogen) atoms. The lowest BCUT2D eigenvalue weighted by atomic mass is 9.46. The van der Waals surface area contributed by atoms with Gasteiger partial charge >= 0.3 is 5.97 Å². The highest BCUT2D eigenvalue weighted by atomic mass is 16.6. The van der Waals surface area contributed by atoms with Crippen LogP contribution in [-0.2, 0) is 9.53 Å². The van der Waals surface area contributed by atoms with Crippen LogP contribution in [0.1, 0.15) is 46.0 Å². The van der Waals surface area contributed by atoms with Crippen molar-refractivity contribution >= 4 is 5.97 Å². The molecule has 5 nitrogen and oxygen atoms in total. The number of allylic oxidation sites excluding steroid dienone is 2. The number of fused-ring (bicyclic) bond motifs is 1. The standard InChI is InChI=1S/C20H30O5/c1-12-4-7-16-19(2,9-8-17(23)20(16,3)11-21)14(12)6-5-13-15(22)10-25-18(13)24/h5,14-17,21-23H,1,4,6-11H2,2-3H3/b13-5-/t14-,15-,16-,17-,19-,20-/m1/s1. The van der Waals surface area contributed by atoms with E-state index in [9.17, 15) is 20.1 Å². The molecule has 0 amide bonds. The maximum Gasteiger partial charge on any atom is 0.336 e. The van der Waals surface area contributed by atoms with Crippen LogP contribution in [0.3, 0.4) is 0 Å². The van der Waals surface area contributed by atoms with Gasteiger partial charge in [-0.05, 0) is 49.4 Å². The molecule has 3 fully saturated rings. The van der Waals surface area contributed by atoms with Crippen molar-refractivity contribution < 1.29 is 24.9 Å². The van der Waals surface area contributed by atoms with Gasteiger partial charge in [0.2, 0.25) is 0 Å². The summed E-state index contributed by atoms with van der Waals surface area (Å²) in [5.41, 5.74) is 0.911. The van der Waals surface area contributed by atoms with Crippen LogP contribution >= 0.6 is 0 Å². The summed E-state index contributed by atoms with van der Waals surface area (Å²) in [5, 5.41) is 30.4. The molecule has 6 atom stereocenters. The molecule has 3 aliphatic rings. The predicted molar refractivity (Wildman–Crippen MR) is 93.6 cm³/mol. The molecule has 2 saturated carbocycles. The Bertz CT molecular complexity index is 597. The lowest BCUT2D eigenvalue weighted by Crippen LogP contribution is -2.57. The molecule has 0 radical (unpaired) electrons. The summed E-state index contributed by atoms with van der Waals surface area (Å²) < 4.78 is 4.90. The van der Waals surface area contributed by atoms with Crippen LogP contribution in [0, 0.1) is 22.7 Å². The molecule has 0 aromatic carbocycles. The van der Waals surface area contributed by atoms with Crippen LogP contribution in [0.15, 0.2) is 23.8 Å². The van der Waals surface area contributed by atoms with Crippen LogP contribution in [0.5, 0.6) is 0 Å². The third-order valence-electron chi connectivity index (χ3n) is 7.23. The Hall–Kier alpha value is -1.17. The fourth-order valence-electron chi connectivity index (χ4n) is 5.56. The highest BCUT2D eigenvalue weighted by molar-refractivity contribution is 5.91. The third-order valence-corrected chi connectivity index (χ3v) is 7.23. The van der Waals surface area contributed by atoms with E-state index >= 15 is 0 Å². The van der Waals surface area contributed by atoms with Crippen molar-refractivity contribution in [2.24, 2.45) is 22.7 Å². The van der Waals surface area contributed by atoms with E-state index < -0.39 is 23.6 Å². The summed E-state index contributed by atoms with van der Waals surface area (Å²) >= 11 is 0. The number of hydrogen-bond acceptors (Lipinski definition) is 5. The first kappa shape index (κ1) is 18.6. The number of carbonyl (C=O) groups excluding carboxylic acids is 1. The Kier molecular flexibility index (Phi) is 4.86. The van der Waals surface area contributed by atoms with E-state index in [2.05, 4.69) is 13.5 Å². The van der Waals surface area contributed by atoms with Gasteiger partial charge in [0.25, 0.3) is 0 Å². The highest BCUT2D eigenvalue weighted by Crippen LogP contribution is 2.61. The summed E-state index contributed by atoms with van der Waals surface area (Å²) in [4.78, 5) is 11.8. The number of hydrogen-bond donors (Lipinski definition) is 3. The number of aliphatic hydroxyl groups excluding tert-OH is 3. The molecule has 0 aromatic heterocycles. The average Bonchev–Trinajstić information content (AvgIpc) is 2.89.